The van der Waals surface area contributed by atoms with Crippen LogP contribution in [0.3, 0.4) is 0 Å². The van der Waals surface area contributed by atoms with Gasteiger partial charge in [-0.1, -0.05) is 5.11 Å². The van der Waals surface area contributed by atoms with Gasteiger partial charge in [0.25, 0.3) is 0 Å². The maximum atomic E-state index is 10.5. The molecule has 1 amide bonds. The average molecular weight is 184 g/mol. The molecule has 72 valence electrons. The molecule has 1 aliphatic rings. The van der Waals surface area contributed by atoms with Gasteiger partial charge in [0.2, 0.25) is 0 Å². The van der Waals surface area contributed by atoms with Crippen molar-refractivity contribution in [1.29, 1.82) is 0 Å². The molecule has 1 heterocycles. The second kappa shape index (κ2) is 4.57. The third kappa shape index (κ3) is 2.83. The fraction of sp³-hybridized carbons (Fsp3) is 0.857. The Bertz CT molecular complexity index is 229. The average Bonchev–Trinajstić information content (AvgIpc) is 2.15. The molecule has 1 N–H and O–H groups in total. The minimum Gasteiger partial charge on any atom is -0.465 e. The largest absolute Gasteiger partial charge is 0.465 e. The fourth-order valence-electron chi connectivity index (χ4n) is 1.46. The molecular formula is C7H12N4O2. The highest BCUT2D eigenvalue weighted by molar-refractivity contribution is 5.64. The van der Waals surface area contributed by atoms with Gasteiger partial charge >= 0.3 is 6.09 Å². The summed E-state index contributed by atoms with van der Waals surface area (Å²) in [5.41, 5.74) is 8.09. The first-order chi connectivity index (χ1) is 6.24. The van der Waals surface area contributed by atoms with Crippen molar-refractivity contribution in [3.05, 3.63) is 10.4 Å². The molecule has 6 heteroatoms. The van der Waals surface area contributed by atoms with Gasteiger partial charge in [0, 0.05) is 24.5 Å². The maximum absolute atomic E-state index is 10.5. The van der Waals surface area contributed by atoms with Crippen molar-refractivity contribution in [3.8, 4) is 0 Å². The number of rotatable bonds is 2. The Kier molecular flexibility index (Phi) is 3.40. The smallest absolute Gasteiger partial charge is 0.407 e. The summed E-state index contributed by atoms with van der Waals surface area (Å²) in [7, 11) is 0. The SMILES string of the molecule is [N-]=[N+]=NCC1CCN(C(=O)O)CC1. The lowest BCUT2D eigenvalue weighted by Gasteiger charge is -2.28. The highest BCUT2D eigenvalue weighted by Gasteiger charge is 2.21. The summed E-state index contributed by atoms with van der Waals surface area (Å²) in [5.74, 6) is 0.353. The first-order valence-electron chi connectivity index (χ1n) is 4.22. The molecule has 0 radical (unpaired) electrons. The second-order valence-electron chi connectivity index (χ2n) is 3.13. The van der Waals surface area contributed by atoms with Crippen molar-refractivity contribution in [2.24, 2.45) is 11.0 Å². The van der Waals surface area contributed by atoms with Gasteiger partial charge in [-0.15, -0.1) is 0 Å². The molecule has 0 aromatic carbocycles. The van der Waals surface area contributed by atoms with Crippen LogP contribution < -0.4 is 0 Å². The van der Waals surface area contributed by atoms with Crippen molar-refractivity contribution in [1.82, 2.24) is 4.90 Å². The lowest BCUT2D eigenvalue weighted by Crippen LogP contribution is -2.38. The first-order valence-corrected chi connectivity index (χ1v) is 4.22. The van der Waals surface area contributed by atoms with E-state index in [1.54, 1.807) is 0 Å². The first kappa shape index (κ1) is 9.67. The van der Waals surface area contributed by atoms with Crippen LogP contribution in [0.1, 0.15) is 12.8 Å². The van der Waals surface area contributed by atoms with E-state index >= 15 is 0 Å². The Morgan fingerprint density at radius 1 is 1.62 bits per heavy atom. The van der Waals surface area contributed by atoms with E-state index in [1.807, 2.05) is 0 Å². The topological polar surface area (TPSA) is 89.3 Å². The van der Waals surface area contributed by atoms with E-state index in [9.17, 15) is 4.79 Å². The van der Waals surface area contributed by atoms with Gasteiger partial charge in [-0.25, -0.2) is 4.79 Å². The summed E-state index contributed by atoms with van der Waals surface area (Å²) in [4.78, 5) is 14.6. The molecule has 0 unspecified atom stereocenters. The molecule has 13 heavy (non-hydrogen) atoms. The molecule has 1 saturated heterocycles. The lowest BCUT2D eigenvalue weighted by atomic mass is 9.97. The van der Waals surface area contributed by atoms with E-state index in [1.165, 1.54) is 4.90 Å². The quantitative estimate of drug-likeness (QED) is 0.402. The van der Waals surface area contributed by atoms with Crippen LogP contribution in [0.15, 0.2) is 5.11 Å². The van der Waals surface area contributed by atoms with Gasteiger partial charge in [0.15, 0.2) is 0 Å². The molecule has 0 saturated carbocycles. The van der Waals surface area contributed by atoms with Crippen molar-refractivity contribution in [2.75, 3.05) is 19.6 Å². The number of piperidine rings is 1. The van der Waals surface area contributed by atoms with Crippen LogP contribution in [0, 0.1) is 5.92 Å². The van der Waals surface area contributed by atoms with E-state index in [-0.39, 0.29) is 0 Å². The maximum Gasteiger partial charge on any atom is 0.407 e. The van der Waals surface area contributed by atoms with E-state index in [2.05, 4.69) is 10.0 Å². The van der Waals surface area contributed by atoms with Gasteiger partial charge in [-0.3, -0.25) is 0 Å². The summed E-state index contributed by atoms with van der Waals surface area (Å²) in [5, 5.41) is 12.1. The lowest BCUT2D eigenvalue weighted by molar-refractivity contribution is 0.125. The van der Waals surface area contributed by atoms with Gasteiger partial charge in [-0.05, 0) is 24.3 Å². The van der Waals surface area contributed by atoms with E-state index in [4.69, 9.17) is 10.6 Å². The fourth-order valence-corrected chi connectivity index (χ4v) is 1.46. The van der Waals surface area contributed by atoms with E-state index in [0.29, 0.717) is 25.6 Å². The van der Waals surface area contributed by atoms with Gasteiger partial charge < -0.3 is 10.0 Å². The summed E-state index contributed by atoms with van der Waals surface area (Å²) in [6.45, 7) is 1.60. The highest BCUT2D eigenvalue weighted by atomic mass is 16.4. The summed E-state index contributed by atoms with van der Waals surface area (Å²) < 4.78 is 0. The standard InChI is InChI=1S/C7H12N4O2/c8-10-9-5-6-1-3-11(4-2-6)7(12)13/h6H,1-5H2,(H,12,13). The number of nitrogens with zero attached hydrogens (tertiary/aromatic N) is 4. The molecule has 0 atom stereocenters. The predicted molar refractivity (Wildman–Crippen MR) is 46.3 cm³/mol. The summed E-state index contributed by atoms with van der Waals surface area (Å²) in [6.07, 6.45) is 0.735. The minimum absolute atomic E-state index is 0.353. The molecule has 0 aromatic heterocycles. The zero-order valence-corrected chi connectivity index (χ0v) is 7.26. The zero-order chi connectivity index (χ0) is 9.68. The summed E-state index contributed by atoms with van der Waals surface area (Å²) in [6, 6.07) is 0. The predicted octanol–water partition coefficient (Wildman–Crippen LogP) is 1.69. The Morgan fingerprint density at radius 3 is 2.69 bits per heavy atom. The van der Waals surface area contributed by atoms with Crippen molar-refractivity contribution >= 4 is 6.09 Å². The van der Waals surface area contributed by atoms with Crippen molar-refractivity contribution in [2.45, 2.75) is 12.8 Å². The third-order valence-corrected chi connectivity index (χ3v) is 2.29. The number of amides is 1. The monoisotopic (exact) mass is 184 g/mol. The Morgan fingerprint density at radius 2 is 2.23 bits per heavy atom. The molecule has 0 aliphatic carbocycles. The van der Waals surface area contributed by atoms with Gasteiger partial charge in [0.1, 0.15) is 0 Å². The molecule has 0 spiro atoms. The molecule has 0 bridgehead atoms. The van der Waals surface area contributed by atoms with E-state index < -0.39 is 6.09 Å². The Labute approximate surface area is 75.8 Å². The van der Waals surface area contributed by atoms with Crippen LogP contribution in [0.2, 0.25) is 0 Å². The number of hydrogen-bond donors (Lipinski definition) is 1. The van der Waals surface area contributed by atoms with Crippen LogP contribution >= 0.6 is 0 Å². The Hall–Kier alpha value is -1.42. The molecule has 1 aliphatic heterocycles. The van der Waals surface area contributed by atoms with Gasteiger partial charge in [-0.2, -0.15) is 0 Å². The van der Waals surface area contributed by atoms with E-state index in [0.717, 1.165) is 12.8 Å². The third-order valence-electron chi connectivity index (χ3n) is 2.29. The number of likely N-dealkylation sites (tertiary alicyclic amines) is 1. The zero-order valence-electron chi connectivity index (χ0n) is 7.26. The number of carboxylic acid groups (broad SMARTS) is 1. The molecule has 0 aromatic rings. The number of hydrogen-bond acceptors (Lipinski definition) is 2. The minimum atomic E-state index is -0.859. The normalized spacial score (nSPS) is 18.0. The highest BCUT2D eigenvalue weighted by Crippen LogP contribution is 2.17. The van der Waals surface area contributed by atoms with Crippen LogP contribution in [-0.4, -0.2) is 35.7 Å². The number of carbonyl (C=O) groups is 1. The molecule has 1 fully saturated rings. The van der Waals surface area contributed by atoms with Crippen molar-refractivity contribution < 1.29 is 9.90 Å². The van der Waals surface area contributed by atoms with Crippen molar-refractivity contribution in [3.63, 3.8) is 0 Å². The molecule has 6 nitrogen and oxygen atoms in total. The van der Waals surface area contributed by atoms with Crippen LogP contribution in [-0.2, 0) is 0 Å². The number of azide groups is 1. The van der Waals surface area contributed by atoms with Crippen LogP contribution in [0.25, 0.3) is 10.4 Å². The molecule has 1 rings (SSSR count). The van der Waals surface area contributed by atoms with Gasteiger partial charge in [0.05, 0.1) is 0 Å². The Balaban J connectivity index is 2.30. The molecular weight excluding hydrogens is 172 g/mol. The second-order valence-corrected chi connectivity index (χ2v) is 3.13. The van der Waals surface area contributed by atoms with Crippen LogP contribution in [0.4, 0.5) is 4.79 Å². The summed E-state index contributed by atoms with van der Waals surface area (Å²) >= 11 is 0. The van der Waals surface area contributed by atoms with Crippen LogP contribution in [0.5, 0.6) is 0 Å².